The van der Waals surface area contributed by atoms with Crippen molar-refractivity contribution in [2.45, 2.75) is 24.4 Å². The number of likely N-dealkylation sites (tertiary alicyclic amines) is 1. The van der Waals surface area contributed by atoms with E-state index in [-0.39, 0.29) is 50.6 Å². The molecule has 0 saturated carbocycles. The van der Waals surface area contributed by atoms with Gasteiger partial charge in [-0.3, -0.25) is 10.3 Å². The second-order valence-electron chi connectivity index (χ2n) is 5.27. The third-order valence-electron chi connectivity index (χ3n) is 3.26. The van der Waals surface area contributed by atoms with Crippen LogP contribution < -0.4 is 11.5 Å². The Bertz CT molecular complexity index is 396. The third-order valence-corrected chi connectivity index (χ3v) is 3.26. The Kier molecular flexibility index (Phi) is 12.7. The third kappa shape index (κ3) is 8.06. The highest BCUT2D eigenvalue weighted by Crippen LogP contribution is 2.18. The van der Waals surface area contributed by atoms with Crippen molar-refractivity contribution in [3.63, 3.8) is 0 Å². The zero-order valence-corrected chi connectivity index (χ0v) is 14.6. The van der Waals surface area contributed by atoms with Crippen molar-refractivity contribution in [1.82, 2.24) is 9.80 Å². The van der Waals surface area contributed by atoms with Crippen molar-refractivity contribution in [2.24, 2.45) is 16.5 Å². The van der Waals surface area contributed by atoms with Crippen molar-refractivity contribution in [3.8, 4) is 0 Å². The van der Waals surface area contributed by atoms with Crippen LogP contribution in [0.1, 0.15) is 0 Å². The molecule has 0 aromatic heterocycles. The molecule has 4 atom stereocenters. The zero-order valence-electron chi connectivity index (χ0n) is 13.8. The highest BCUT2D eigenvalue weighted by molar-refractivity contribution is 5.91. The molecular weight excluding hydrogens is 344 g/mol. The molecular formula is C12H29ClN6O5. The molecule has 144 valence electrons. The average Bonchev–Trinajstić information content (AvgIpc) is 2.45. The van der Waals surface area contributed by atoms with Gasteiger partial charge in [0.2, 0.25) is 5.96 Å². The van der Waals surface area contributed by atoms with Crippen LogP contribution in [0.25, 0.3) is 0 Å². The highest BCUT2D eigenvalue weighted by atomic mass is 35.5. The summed E-state index contributed by atoms with van der Waals surface area (Å²) < 4.78 is 0. The van der Waals surface area contributed by atoms with Crippen LogP contribution >= 0.6 is 12.4 Å². The Balaban J connectivity index is 0. The van der Waals surface area contributed by atoms with E-state index in [1.807, 2.05) is 0 Å². The van der Waals surface area contributed by atoms with Gasteiger partial charge in [-0.05, 0) is 0 Å². The van der Waals surface area contributed by atoms with E-state index in [4.69, 9.17) is 27.1 Å². The molecule has 0 unspecified atom stereocenters. The number of hydrogen-bond acceptors (Lipinski definition) is 7. The van der Waals surface area contributed by atoms with Gasteiger partial charge in [0.05, 0.1) is 25.4 Å². The standard InChI is InChI=1S/C8H17NO5.C4H11N5.ClH/c10-2-1-9-3-6(12)8(14)7(13)5(9)4-11;1-9(2)4(7)8-3(5)6;/h5-8,10-14H,1-4H2;1-2H3,(H5,5,6,7,8);1H/t5-,6+,7-,8-;;/m1../s1. The van der Waals surface area contributed by atoms with E-state index in [1.54, 1.807) is 19.0 Å². The molecule has 1 saturated heterocycles. The maximum atomic E-state index is 9.51. The van der Waals surface area contributed by atoms with Crippen molar-refractivity contribution in [1.29, 1.82) is 5.41 Å². The van der Waals surface area contributed by atoms with E-state index in [2.05, 4.69) is 4.99 Å². The first-order valence-corrected chi connectivity index (χ1v) is 7.01. The topological polar surface area (TPSA) is 196 Å². The lowest BCUT2D eigenvalue weighted by Gasteiger charge is -2.42. The van der Waals surface area contributed by atoms with Gasteiger partial charge in [0.15, 0.2) is 5.96 Å². The van der Waals surface area contributed by atoms with E-state index < -0.39 is 24.4 Å². The second kappa shape index (κ2) is 12.2. The van der Waals surface area contributed by atoms with E-state index in [9.17, 15) is 15.3 Å². The molecule has 11 nitrogen and oxygen atoms in total. The van der Waals surface area contributed by atoms with Gasteiger partial charge in [-0.1, -0.05) is 0 Å². The SMILES string of the molecule is CN(C)C(=N)N=C(N)N.Cl.OCCN1C[C@H](O)[C@@H](O)[C@H](O)[C@H]1CO. The summed E-state index contributed by atoms with van der Waals surface area (Å²) in [4.78, 5) is 6.52. The largest absolute Gasteiger partial charge is 0.395 e. The number of β-amino-alcohol motifs (C(OH)–C–C–N with tert-alkyl or cyclic N) is 2. The van der Waals surface area contributed by atoms with Crippen LogP contribution in [0.4, 0.5) is 0 Å². The molecule has 1 fully saturated rings. The first kappa shape index (κ1) is 25.0. The Labute approximate surface area is 147 Å². The van der Waals surface area contributed by atoms with E-state index in [1.165, 1.54) is 4.90 Å². The Morgan fingerprint density at radius 3 is 2.08 bits per heavy atom. The monoisotopic (exact) mass is 372 g/mol. The summed E-state index contributed by atoms with van der Waals surface area (Å²) in [6.45, 7) is -0.0347. The molecule has 0 aromatic carbocycles. The molecule has 10 N–H and O–H groups in total. The number of piperidine rings is 1. The van der Waals surface area contributed by atoms with E-state index in [0.717, 1.165) is 0 Å². The predicted molar refractivity (Wildman–Crippen MR) is 92.0 cm³/mol. The van der Waals surface area contributed by atoms with Gasteiger partial charge in [0, 0.05) is 27.2 Å². The van der Waals surface area contributed by atoms with Crippen LogP contribution in [0.3, 0.4) is 0 Å². The number of aliphatic imine (C=N–C) groups is 1. The number of nitrogens with two attached hydrogens (primary N) is 2. The number of nitrogens with one attached hydrogen (secondary N) is 1. The van der Waals surface area contributed by atoms with Crippen LogP contribution in [0.5, 0.6) is 0 Å². The molecule has 1 heterocycles. The lowest BCUT2D eigenvalue weighted by Crippen LogP contribution is -2.62. The molecule has 0 bridgehead atoms. The fourth-order valence-corrected chi connectivity index (χ4v) is 1.99. The number of aliphatic hydroxyl groups excluding tert-OH is 5. The summed E-state index contributed by atoms with van der Waals surface area (Å²) in [6.07, 6.45) is -3.46. The minimum absolute atomic E-state index is 0. The number of hydrogen-bond donors (Lipinski definition) is 8. The second-order valence-corrected chi connectivity index (χ2v) is 5.27. The van der Waals surface area contributed by atoms with Gasteiger partial charge in [0.25, 0.3) is 0 Å². The normalized spacial score (nSPS) is 26.5. The Morgan fingerprint density at radius 1 is 1.21 bits per heavy atom. The maximum Gasteiger partial charge on any atom is 0.220 e. The molecule has 24 heavy (non-hydrogen) atoms. The molecule has 0 spiro atoms. The summed E-state index contributed by atoms with van der Waals surface area (Å²) in [5, 5.41) is 52.9. The molecule has 0 aromatic rings. The number of nitrogens with zero attached hydrogens (tertiary/aromatic N) is 3. The number of rotatable bonds is 3. The highest BCUT2D eigenvalue weighted by Gasteiger charge is 2.40. The van der Waals surface area contributed by atoms with Crippen LogP contribution in [-0.4, -0.2) is 112 Å². The summed E-state index contributed by atoms with van der Waals surface area (Å²) in [5.41, 5.74) is 9.98. The average molecular weight is 373 g/mol. The molecule has 1 aliphatic heterocycles. The molecule has 0 amide bonds. The fraction of sp³-hybridized carbons (Fsp3) is 0.833. The fourth-order valence-electron chi connectivity index (χ4n) is 1.99. The lowest BCUT2D eigenvalue weighted by atomic mass is 9.94. The van der Waals surface area contributed by atoms with Crippen LogP contribution in [0.15, 0.2) is 4.99 Å². The minimum atomic E-state index is -1.23. The van der Waals surface area contributed by atoms with Crippen molar-refractivity contribution in [3.05, 3.63) is 0 Å². The Hall–Kier alpha value is -1.21. The van der Waals surface area contributed by atoms with Gasteiger partial charge >= 0.3 is 0 Å². The smallest absolute Gasteiger partial charge is 0.220 e. The van der Waals surface area contributed by atoms with Crippen molar-refractivity contribution >= 4 is 24.3 Å². The molecule has 1 aliphatic rings. The van der Waals surface area contributed by atoms with Gasteiger partial charge in [-0.2, -0.15) is 4.99 Å². The molecule has 0 aliphatic carbocycles. The molecule has 1 rings (SSSR count). The summed E-state index contributed by atoms with van der Waals surface area (Å²) in [6, 6.07) is -0.624. The molecule has 12 heteroatoms. The number of guanidine groups is 2. The van der Waals surface area contributed by atoms with E-state index in [0.29, 0.717) is 0 Å². The summed E-state index contributed by atoms with van der Waals surface area (Å²) >= 11 is 0. The van der Waals surface area contributed by atoms with Gasteiger partial charge in [-0.25, -0.2) is 0 Å². The minimum Gasteiger partial charge on any atom is -0.395 e. The van der Waals surface area contributed by atoms with Crippen LogP contribution in [0.2, 0.25) is 0 Å². The summed E-state index contributed by atoms with van der Waals surface area (Å²) in [5.74, 6) is -0.0382. The molecule has 0 radical (unpaired) electrons. The van der Waals surface area contributed by atoms with Crippen LogP contribution in [-0.2, 0) is 0 Å². The quantitative estimate of drug-likeness (QED) is 0.179. The van der Waals surface area contributed by atoms with Gasteiger partial charge in [0.1, 0.15) is 12.2 Å². The lowest BCUT2D eigenvalue weighted by molar-refractivity contribution is -0.146. The number of aliphatic hydroxyl groups is 5. The van der Waals surface area contributed by atoms with Crippen molar-refractivity contribution in [2.75, 3.05) is 40.4 Å². The summed E-state index contributed by atoms with van der Waals surface area (Å²) in [7, 11) is 3.38. The van der Waals surface area contributed by atoms with Gasteiger partial charge in [-0.15, -0.1) is 12.4 Å². The first-order valence-electron chi connectivity index (χ1n) is 7.01. The maximum absolute atomic E-state index is 9.51. The predicted octanol–water partition coefficient (Wildman–Crippen LogP) is -4.08. The van der Waals surface area contributed by atoms with Crippen LogP contribution in [0, 0.1) is 5.41 Å². The van der Waals surface area contributed by atoms with E-state index >= 15 is 0 Å². The Morgan fingerprint density at radius 2 is 1.75 bits per heavy atom. The van der Waals surface area contributed by atoms with Gasteiger partial charge < -0.3 is 41.9 Å². The van der Waals surface area contributed by atoms with Crippen molar-refractivity contribution < 1.29 is 25.5 Å². The first-order chi connectivity index (χ1) is 10.6. The zero-order chi connectivity index (χ0) is 18.2. The number of halogens is 1.